The summed E-state index contributed by atoms with van der Waals surface area (Å²) in [6.45, 7) is 5.07. The number of ether oxygens (including phenoxy) is 2. The van der Waals surface area contributed by atoms with Gasteiger partial charge in [0.2, 0.25) is 5.95 Å². The SMILES string of the molecule is COCCNc1nc(-c2cccc(OC)c2)cc(-c2cc(C)oc2C)n1. The van der Waals surface area contributed by atoms with Crippen molar-refractivity contribution < 1.29 is 13.9 Å². The van der Waals surface area contributed by atoms with E-state index in [-0.39, 0.29) is 0 Å². The molecule has 0 spiro atoms. The van der Waals surface area contributed by atoms with Gasteiger partial charge in [-0.05, 0) is 38.1 Å². The van der Waals surface area contributed by atoms with Crippen LogP contribution in [0.3, 0.4) is 0 Å². The zero-order valence-corrected chi connectivity index (χ0v) is 15.5. The predicted octanol–water partition coefficient (Wildman–Crippen LogP) is 4.09. The number of nitrogens with zero attached hydrogens (tertiary/aromatic N) is 2. The lowest BCUT2D eigenvalue weighted by molar-refractivity contribution is 0.210. The lowest BCUT2D eigenvalue weighted by Gasteiger charge is -2.10. The van der Waals surface area contributed by atoms with Crippen molar-refractivity contribution in [2.75, 3.05) is 32.7 Å². The molecule has 6 nitrogen and oxygen atoms in total. The highest BCUT2D eigenvalue weighted by atomic mass is 16.5. The average Bonchev–Trinajstić information content (AvgIpc) is 3.00. The Morgan fingerprint density at radius 1 is 1.04 bits per heavy atom. The normalized spacial score (nSPS) is 10.8. The van der Waals surface area contributed by atoms with Crippen molar-refractivity contribution >= 4 is 5.95 Å². The molecule has 2 aromatic heterocycles. The van der Waals surface area contributed by atoms with Crippen LogP contribution in [-0.4, -0.2) is 37.3 Å². The molecule has 0 bridgehead atoms. The Labute approximate surface area is 153 Å². The maximum absolute atomic E-state index is 5.67. The molecule has 0 aliphatic rings. The number of methoxy groups -OCH3 is 2. The summed E-state index contributed by atoms with van der Waals surface area (Å²) in [6, 6.07) is 11.8. The largest absolute Gasteiger partial charge is 0.497 e. The maximum Gasteiger partial charge on any atom is 0.223 e. The van der Waals surface area contributed by atoms with E-state index in [2.05, 4.69) is 15.3 Å². The van der Waals surface area contributed by atoms with Crippen LogP contribution >= 0.6 is 0 Å². The molecule has 0 amide bonds. The number of anilines is 1. The van der Waals surface area contributed by atoms with Crippen molar-refractivity contribution in [1.82, 2.24) is 9.97 Å². The minimum atomic E-state index is 0.552. The second-order valence-electron chi connectivity index (χ2n) is 5.94. The molecular formula is C20H23N3O3. The fraction of sp³-hybridized carbons (Fsp3) is 0.300. The van der Waals surface area contributed by atoms with Gasteiger partial charge in [0.25, 0.3) is 0 Å². The Balaban J connectivity index is 2.06. The Morgan fingerprint density at radius 2 is 1.85 bits per heavy atom. The molecule has 1 aromatic carbocycles. The van der Waals surface area contributed by atoms with Crippen LogP contribution in [0.5, 0.6) is 5.75 Å². The quantitative estimate of drug-likeness (QED) is 0.645. The third kappa shape index (κ3) is 4.03. The van der Waals surface area contributed by atoms with Gasteiger partial charge >= 0.3 is 0 Å². The maximum atomic E-state index is 5.67. The molecule has 0 saturated carbocycles. The highest BCUT2D eigenvalue weighted by Crippen LogP contribution is 2.30. The van der Waals surface area contributed by atoms with Gasteiger partial charge in [-0.3, -0.25) is 0 Å². The van der Waals surface area contributed by atoms with E-state index in [1.54, 1.807) is 14.2 Å². The zero-order valence-electron chi connectivity index (χ0n) is 15.5. The van der Waals surface area contributed by atoms with E-state index in [0.717, 1.165) is 39.8 Å². The summed E-state index contributed by atoms with van der Waals surface area (Å²) in [5.41, 5.74) is 3.55. The summed E-state index contributed by atoms with van der Waals surface area (Å²) in [7, 11) is 3.32. The summed E-state index contributed by atoms with van der Waals surface area (Å²) >= 11 is 0. The van der Waals surface area contributed by atoms with Gasteiger partial charge in [0.1, 0.15) is 17.3 Å². The molecule has 1 N–H and O–H groups in total. The first kappa shape index (κ1) is 17.9. The Kier molecular flexibility index (Phi) is 5.53. The van der Waals surface area contributed by atoms with Crippen LogP contribution in [0.15, 0.2) is 40.8 Å². The minimum Gasteiger partial charge on any atom is -0.497 e. The molecule has 0 aliphatic heterocycles. The molecule has 0 fully saturated rings. The van der Waals surface area contributed by atoms with Crippen molar-refractivity contribution in [3.63, 3.8) is 0 Å². The van der Waals surface area contributed by atoms with Crippen molar-refractivity contribution in [3.8, 4) is 28.3 Å². The molecule has 3 rings (SSSR count). The van der Waals surface area contributed by atoms with E-state index >= 15 is 0 Å². The van der Waals surface area contributed by atoms with Gasteiger partial charge in [-0.15, -0.1) is 0 Å². The van der Waals surface area contributed by atoms with E-state index in [9.17, 15) is 0 Å². The van der Waals surface area contributed by atoms with Crippen LogP contribution in [0.4, 0.5) is 5.95 Å². The summed E-state index contributed by atoms with van der Waals surface area (Å²) in [6.07, 6.45) is 0. The molecule has 6 heteroatoms. The number of rotatable bonds is 7. The van der Waals surface area contributed by atoms with Crippen LogP contribution in [0, 0.1) is 13.8 Å². The lowest BCUT2D eigenvalue weighted by Crippen LogP contribution is -2.11. The van der Waals surface area contributed by atoms with Crippen LogP contribution < -0.4 is 10.1 Å². The van der Waals surface area contributed by atoms with Gasteiger partial charge in [-0.25, -0.2) is 9.97 Å². The van der Waals surface area contributed by atoms with Gasteiger partial charge in [-0.1, -0.05) is 12.1 Å². The fourth-order valence-electron chi connectivity index (χ4n) is 2.74. The third-order valence-electron chi connectivity index (χ3n) is 4.00. The number of hydrogen-bond acceptors (Lipinski definition) is 6. The van der Waals surface area contributed by atoms with Crippen LogP contribution in [0.1, 0.15) is 11.5 Å². The van der Waals surface area contributed by atoms with E-state index in [4.69, 9.17) is 13.9 Å². The van der Waals surface area contributed by atoms with Gasteiger partial charge in [0.15, 0.2) is 0 Å². The second kappa shape index (κ2) is 8.01. The zero-order chi connectivity index (χ0) is 18.5. The molecule has 26 heavy (non-hydrogen) atoms. The molecule has 3 aromatic rings. The van der Waals surface area contributed by atoms with E-state index in [0.29, 0.717) is 19.1 Å². The number of aromatic nitrogens is 2. The summed E-state index contributed by atoms with van der Waals surface area (Å²) < 4.78 is 16.1. The van der Waals surface area contributed by atoms with Crippen LogP contribution in [0.25, 0.3) is 22.5 Å². The summed E-state index contributed by atoms with van der Waals surface area (Å²) in [4.78, 5) is 9.30. The van der Waals surface area contributed by atoms with E-state index in [1.807, 2.05) is 50.2 Å². The molecule has 0 atom stereocenters. The first-order valence-electron chi connectivity index (χ1n) is 8.44. The Hall–Kier alpha value is -2.86. The van der Waals surface area contributed by atoms with Crippen molar-refractivity contribution in [1.29, 1.82) is 0 Å². The van der Waals surface area contributed by atoms with Crippen molar-refractivity contribution in [3.05, 3.63) is 47.9 Å². The first-order valence-corrected chi connectivity index (χ1v) is 8.44. The third-order valence-corrected chi connectivity index (χ3v) is 4.00. The molecular weight excluding hydrogens is 330 g/mol. The van der Waals surface area contributed by atoms with Crippen molar-refractivity contribution in [2.24, 2.45) is 0 Å². The molecule has 0 aliphatic carbocycles. The molecule has 2 heterocycles. The number of hydrogen-bond donors (Lipinski definition) is 1. The minimum absolute atomic E-state index is 0.552. The molecule has 0 unspecified atom stereocenters. The smallest absolute Gasteiger partial charge is 0.223 e. The van der Waals surface area contributed by atoms with Gasteiger partial charge in [-0.2, -0.15) is 0 Å². The second-order valence-corrected chi connectivity index (χ2v) is 5.94. The number of benzene rings is 1. The predicted molar refractivity (Wildman–Crippen MR) is 102 cm³/mol. The van der Waals surface area contributed by atoms with Gasteiger partial charge in [0.05, 0.1) is 25.1 Å². The number of aryl methyl sites for hydroxylation is 2. The van der Waals surface area contributed by atoms with Crippen LogP contribution in [0.2, 0.25) is 0 Å². The highest BCUT2D eigenvalue weighted by molar-refractivity contribution is 5.71. The highest BCUT2D eigenvalue weighted by Gasteiger charge is 2.13. The fourth-order valence-corrected chi connectivity index (χ4v) is 2.74. The summed E-state index contributed by atoms with van der Waals surface area (Å²) in [5, 5.41) is 3.21. The van der Waals surface area contributed by atoms with Crippen molar-refractivity contribution in [2.45, 2.75) is 13.8 Å². The van der Waals surface area contributed by atoms with E-state index in [1.165, 1.54) is 0 Å². The average molecular weight is 353 g/mol. The topological polar surface area (TPSA) is 69.4 Å². The Morgan fingerprint density at radius 3 is 2.54 bits per heavy atom. The van der Waals surface area contributed by atoms with Crippen LogP contribution in [-0.2, 0) is 4.74 Å². The molecule has 0 radical (unpaired) electrons. The summed E-state index contributed by atoms with van der Waals surface area (Å²) in [5.74, 6) is 3.02. The lowest BCUT2D eigenvalue weighted by atomic mass is 10.1. The standard InChI is InChI=1S/C20H23N3O3/c1-13-10-17(14(2)26-13)19-12-18(15-6-5-7-16(11-15)25-4)22-20(23-19)21-8-9-24-3/h5-7,10-12H,8-9H2,1-4H3,(H,21,22,23). The molecule has 0 saturated heterocycles. The number of nitrogens with one attached hydrogen (secondary N) is 1. The first-order chi connectivity index (χ1) is 12.6. The Bertz CT molecular complexity index is 890. The van der Waals surface area contributed by atoms with Gasteiger partial charge < -0.3 is 19.2 Å². The van der Waals surface area contributed by atoms with Gasteiger partial charge in [0, 0.05) is 24.8 Å². The monoisotopic (exact) mass is 353 g/mol. The number of furan rings is 1. The molecule has 136 valence electrons. The van der Waals surface area contributed by atoms with E-state index < -0.39 is 0 Å².